The van der Waals surface area contributed by atoms with Gasteiger partial charge in [-0.25, -0.2) is 14.4 Å². The highest BCUT2D eigenvalue weighted by Gasteiger charge is 2.36. The van der Waals surface area contributed by atoms with Gasteiger partial charge in [0.2, 0.25) is 0 Å². The fraction of sp³-hybridized carbons (Fsp3) is 0.320. The van der Waals surface area contributed by atoms with Crippen LogP contribution in [-0.2, 0) is 9.53 Å². The summed E-state index contributed by atoms with van der Waals surface area (Å²) in [6.45, 7) is 7.71. The molecule has 0 radical (unpaired) electrons. The molecule has 3 rings (SSSR count). The van der Waals surface area contributed by atoms with Crippen molar-refractivity contribution < 1.29 is 19.1 Å². The van der Waals surface area contributed by atoms with Gasteiger partial charge in [0, 0.05) is 23.6 Å². The van der Waals surface area contributed by atoms with Crippen molar-refractivity contribution in [1.29, 1.82) is 0 Å². The molecule has 4 amide bonds. The second-order valence-corrected chi connectivity index (χ2v) is 9.14. The first-order chi connectivity index (χ1) is 16.6. The minimum absolute atomic E-state index is 0.300. The normalized spacial score (nSPS) is 15.7. The van der Waals surface area contributed by atoms with E-state index < -0.39 is 18.0 Å². The second-order valence-electron chi connectivity index (χ2n) is 8.32. The molecule has 10 heteroatoms. The van der Waals surface area contributed by atoms with E-state index in [1.807, 2.05) is 6.92 Å². The highest BCUT2D eigenvalue weighted by atomic mass is 35.5. The van der Waals surface area contributed by atoms with Crippen LogP contribution in [0.3, 0.4) is 0 Å². The average molecular weight is 519 g/mol. The maximum Gasteiger partial charge on any atom is 0.338 e. The Kier molecular flexibility index (Phi) is 8.64. The van der Waals surface area contributed by atoms with Gasteiger partial charge in [-0.3, -0.25) is 4.90 Å². The Hall–Kier alpha value is -3.23. The SMILES string of the molecule is CCCN1C(=O)N[C@H](c2cccc(NC(=O)Nc3ccc(Cl)c(Cl)c3)c2)C(C(=O)OC(C)C)=C1C. The summed E-state index contributed by atoms with van der Waals surface area (Å²) in [7, 11) is 0. The van der Waals surface area contributed by atoms with E-state index in [2.05, 4.69) is 16.0 Å². The lowest BCUT2D eigenvalue weighted by Crippen LogP contribution is -2.48. The lowest BCUT2D eigenvalue weighted by atomic mass is 9.94. The summed E-state index contributed by atoms with van der Waals surface area (Å²) >= 11 is 11.9. The Morgan fingerprint density at radius 1 is 1.09 bits per heavy atom. The first kappa shape index (κ1) is 26.4. The predicted molar refractivity (Wildman–Crippen MR) is 138 cm³/mol. The van der Waals surface area contributed by atoms with E-state index in [4.69, 9.17) is 27.9 Å². The van der Waals surface area contributed by atoms with Crippen molar-refractivity contribution in [3.05, 3.63) is 69.3 Å². The van der Waals surface area contributed by atoms with Gasteiger partial charge in [0.1, 0.15) is 0 Å². The van der Waals surface area contributed by atoms with Crippen molar-refractivity contribution in [3.8, 4) is 0 Å². The molecular weight excluding hydrogens is 491 g/mol. The Morgan fingerprint density at radius 3 is 2.40 bits per heavy atom. The summed E-state index contributed by atoms with van der Waals surface area (Å²) in [5.74, 6) is -0.501. The first-order valence-electron chi connectivity index (χ1n) is 11.2. The summed E-state index contributed by atoms with van der Waals surface area (Å²) in [5, 5.41) is 9.05. The number of amides is 4. The molecule has 0 aromatic heterocycles. The van der Waals surface area contributed by atoms with Crippen molar-refractivity contribution in [2.45, 2.75) is 46.3 Å². The quantitative estimate of drug-likeness (QED) is 0.372. The van der Waals surface area contributed by atoms with Crippen molar-refractivity contribution in [2.24, 2.45) is 0 Å². The number of allylic oxidation sites excluding steroid dienone is 1. The van der Waals surface area contributed by atoms with E-state index in [0.29, 0.717) is 44.8 Å². The van der Waals surface area contributed by atoms with Crippen LogP contribution in [0, 0.1) is 0 Å². The number of nitrogens with one attached hydrogen (secondary N) is 3. The highest BCUT2D eigenvalue weighted by Crippen LogP contribution is 2.33. The average Bonchev–Trinajstić information content (AvgIpc) is 2.78. The second kappa shape index (κ2) is 11.5. The minimum Gasteiger partial charge on any atom is -0.459 e. The van der Waals surface area contributed by atoms with Gasteiger partial charge in [-0.05, 0) is 63.1 Å². The number of esters is 1. The molecule has 1 aliphatic heterocycles. The molecule has 0 saturated carbocycles. The van der Waals surface area contributed by atoms with Crippen LogP contribution in [0.2, 0.25) is 10.0 Å². The highest BCUT2D eigenvalue weighted by molar-refractivity contribution is 6.42. The molecule has 1 atom stereocenters. The molecule has 0 spiro atoms. The van der Waals surface area contributed by atoms with E-state index in [0.717, 1.165) is 6.42 Å². The molecule has 0 saturated heterocycles. The van der Waals surface area contributed by atoms with E-state index in [9.17, 15) is 14.4 Å². The molecule has 3 N–H and O–H groups in total. The molecule has 8 nitrogen and oxygen atoms in total. The molecule has 1 heterocycles. The van der Waals surface area contributed by atoms with Crippen LogP contribution >= 0.6 is 23.2 Å². The number of hydrogen-bond donors (Lipinski definition) is 3. The number of rotatable bonds is 7. The summed E-state index contributed by atoms with van der Waals surface area (Å²) < 4.78 is 5.48. The summed E-state index contributed by atoms with van der Waals surface area (Å²) in [4.78, 5) is 39.9. The molecule has 0 fully saturated rings. The Bertz CT molecular complexity index is 1170. The van der Waals surface area contributed by atoms with Crippen molar-refractivity contribution in [1.82, 2.24) is 10.2 Å². The van der Waals surface area contributed by atoms with Gasteiger partial charge in [-0.2, -0.15) is 0 Å². The predicted octanol–water partition coefficient (Wildman–Crippen LogP) is 6.34. The molecule has 0 unspecified atom stereocenters. The standard InChI is InChI=1S/C25H28Cl2N4O4/c1-5-11-31-15(4)21(23(32)35-14(2)3)22(30-25(31)34)16-7-6-8-17(12-16)28-24(33)29-18-9-10-19(26)20(27)13-18/h6-10,12-14,22H,5,11H2,1-4H3,(H,30,34)(H2,28,29,33)/t22-/m1/s1. The Balaban J connectivity index is 1.87. The van der Waals surface area contributed by atoms with Crippen LogP contribution in [0.4, 0.5) is 21.0 Å². The molecule has 2 aromatic rings. The number of carbonyl (C=O) groups is 3. The topological polar surface area (TPSA) is 99.8 Å². The number of anilines is 2. The zero-order chi connectivity index (χ0) is 25.7. The molecule has 0 bridgehead atoms. The van der Waals surface area contributed by atoms with Crippen molar-refractivity contribution in [3.63, 3.8) is 0 Å². The molecule has 2 aromatic carbocycles. The lowest BCUT2D eigenvalue weighted by molar-refractivity contribution is -0.143. The lowest BCUT2D eigenvalue weighted by Gasteiger charge is -2.35. The van der Waals surface area contributed by atoms with Gasteiger partial charge in [0.15, 0.2) is 0 Å². The van der Waals surface area contributed by atoms with Gasteiger partial charge in [-0.1, -0.05) is 42.3 Å². The number of ether oxygens (including phenoxy) is 1. The summed E-state index contributed by atoms with van der Waals surface area (Å²) in [6.07, 6.45) is 0.411. The van der Waals surface area contributed by atoms with Crippen LogP contribution in [0.5, 0.6) is 0 Å². The number of benzene rings is 2. The van der Waals surface area contributed by atoms with Gasteiger partial charge < -0.3 is 20.7 Å². The van der Waals surface area contributed by atoms with Gasteiger partial charge in [-0.15, -0.1) is 0 Å². The zero-order valence-electron chi connectivity index (χ0n) is 19.9. The maximum absolute atomic E-state index is 13.0. The van der Waals surface area contributed by atoms with E-state index >= 15 is 0 Å². The Morgan fingerprint density at radius 2 is 1.77 bits per heavy atom. The van der Waals surface area contributed by atoms with Gasteiger partial charge >= 0.3 is 18.0 Å². The molecule has 35 heavy (non-hydrogen) atoms. The third-order valence-electron chi connectivity index (χ3n) is 5.26. The Labute approximate surface area is 214 Å². The smallest absolute Gasteiger partial charge is 0.338 e. The maximum atomic E-state index is 13.0. The number of hydrogen-bond acceptors (Lipinski definition) is 4. The molecule has 186 valence electrons. The third kappa shape index (κ3) is 6.46. The third-order valence-corrected chi connectivity index (χ3v) is 6.00. The number of nitrogens with zero attached hydrogens (tertiary/aromatic N) is 1. The summed E-state index contributed by atoms with van der Waals surface area (Å²) in [6, 6.07) is 10.1. The van der Waals surface area contributed by atoms with E-state index in [1.54, 1.807) is 68.1 Å². The van der Waals surface area contributed by atoms with E-state index in [-0.39, 0.29) is 12.1 Å². The number of halogens is 2. The number of urea groups is 2. The van der Waals surface area contributed by atoms with Crippen LogP contribution in [0.1, 0.15) is 45.7 Å². The van der Waals surface area contributed by atoms with Crippen LogP contribution in [0.25, 0.3) is 0 Å². The molecule has 1 aliphatic rings. The first-order valence-corrected chi connectivity index (χ1v) is 12.0. The minimum atomic E-state index is -0.735. The van der Waals surface area contributed by atoms with Gasteiger partial charge in [0.05, 0.1) is 27.8 Å². The number of carbonyl (C=O) groups excluding carboxylic acids is 3. The molecular formula is C25H28Cl2N4O4. The fourth-order valence-electron chi connectivity index (χ4n) is 3.73. The van der Waals surface area contributed by atoms with Crippen LogP contribution < -0.4 is 16.0 Å². The van der Waals surface area contributed by atoms with Gasteiger partial charge in [0.25, 0.3) is 0 Å². The van der Waals surface area contributed by atoms with Crippen LogP contribution in [0.15, 0.2) is 53.7 Å². The monoisotopic (exact) mass is 518 g/mol. The van der Waals surface area contributed by atoms with E-state index in [1.165, 1.54) is 0 Å². The van der Waals surface area contributed by atoms with Crippen molar-refractivity contribution in [2.75, 3.05) is 17.2 Å². The zero-order valence-corrected chi connectivity index (χ0v) is 21.5. The molecule has 0 aliphatic carbocycles. The summed E-state index contributed by atoms with van der Waals surface area (Å²) in [5.41, 5.74) is 2.46. The van der Waals surface area contributed by atoms with Crippen LogP contribution in [-0.4, -0.2) is 35.6 Å². The largest absolute Gasteiger partial charge is 0.459 e. The fourth-order valence-corrected chi connectivity index (χ4v) is 4.03. The van der Waals surface area contributed by atoms with Crippen molar-refractivity contribution >= 4 is 52.6 Å².